The molecule has 0 rings (SSSR count). The van der Waals surface area contributed by atoms with Crippen molar-refractivity contribution in [3.05, 3.63) is 0 Å². The molecule has 0 aliphatic carbocycles. The molecule has 1 N–H and O–H groups in total. The van der Waals surface area contributed by atoms with Gasteiger partial charge in [-0.25, -0.2) is 0 Å². The quantitative estimate of drug-likeness (QED) is 0.276. The Morgan fingerprint density at radius 2 is 1.74 bits per heavy atom. The van der Waals surface area contributed by atoms with E-state index in [1.165, 1.54) is 19.3 Å². The van der Waals surface area contributed by atoms with E-state index in [2.05, 4.69) is 29.2 Å². The smallest absolute Gasteiger partial charge is 0.220 e. The van der Waals surface area contributed by atoms with Gasteiger partial charge in [0.25, 0.3) is 0 Å². The number of amides is 1. The van der Waals surface area contributed by atoms with Crippen molar-refractivity contribution in [2.75, 3.05) is 13.2 Å². The van der Waals surface area contributed by atoms with E-state index in [4.69, 9.17) is 4.74 Å². The molecule has 0 radical (unpaired) electrons. The molecule has 0 spiro atoms. The molecule has 0 saturated heterocycles. The first-order valence-corrected chi connectivity index (χ1v) is 8.85. The minimum Gasteiger partial charge on any atom is -0.477 e. The lowest BCUT2D eigenvalue weighted by atomic mass is 9.97. The van der Waals surface area contributed by atoms with Gasteiger partial charge in [-0.05, 0) is 6.42 Å². The van der Waals surface area contributed by atoms with Gasteiger partial charge < -0.3 is 10.1 Å². The van der Waals surface area contributed by atoms with Crippen molar-refractivity contribution in [3.63, 3.8) is 0 Å². The van der Waals surface area contributed by atoms with E-state index in [1.54, 1.807) is 0 Å². The zero-order valence-electron chi connectivity index (χ0n) is 16.1. The van der Waals surface area contributed by atoms with Crippen molar-refractivity contribution in [1.82, 2.24) is 5.32 Å². The van der Waals surface area contributed by atoms with Crippen LogP contribution in [0.4, 0.5) is 0 Å². The topological polar surface area (TPSA) is 63.1 Å². The van der Waals surface area contributed by atoms with E-state index in [9.17, 15) is 4.79 Å². The van der Waals surface area contributed by atoms with Crippen molar-refractivity contribution in [2.24, 2.45) is 15.6 Å². The second-order valence-electron chi connectivity index (χ2n) is 6.16. The highest BCUT2D eigenvalue weighted by Gasteiger charge is 2.20. The molecule has 136 valence electrons. The Morgan fingerprint density at radius 1 is 1.13 bits per heavy atom. The first-order chi connectivity index (χ1) is 10.9. The molecule has 0 aromatic heterocycles. The maximum atomic E-state index is 11.6. The van der Waals surface area contributed by atoms with Crippen LogP contribution in [0.5, 0.6) is 0 Å². The normalized spacial score (nSPS) is 11.3. The van der Waals surface area contributed by atoms with E-state index in [0.29, 0.717) is 25.5 Å². The number of carbonyl (C=O) groups excluding carboxylic acids is 1. The van der Waals surface area contributed by atoms with E-state index in [1.807, 2.05) is 34.6 Å². The van der Waals surface area contributed by atoms with Gasteiger partial charge in [0.2, 0.25) is 11.8 Å². The number of rotatable bonds is 10. The van der Waals surface area contributed by atoms with Gasteiger partial charge in [-0.15, -0.1) is 5.10 Å². The summed E-state index contributed by atoms with van der Waals surface area (Å²) in [6, 6.07) is 0. The average Bonchev–Trinajstić information content (AvgIpc) is 2.51. The summed E-state index contributed by atoms with van der Waals surface area (Å²) in [5, 5.41) is 10.3. The summed E-state index contributed by atoms with van der Waals surface area (Å²) < 4.78 is 5.56. The van der Waals surface area contributed by atoms with Crippen LogP contribution in [0.2, 0.25) is 0 Å². The fraction of sp³-hybridized carbons (Fsp3) is 0.833. The van der Waals surface area contributed by atoms with Crippen LogP contribution in [0.1, 0.15) is 80.1 Å². The molecule has 0 unspecified atom stereocenters. The summed E-state index contributed by atoms with van der Waals surface area (Å²) in [5.41, 5.74) is -0.218. The van der Waals surface area contributed by atoms with Crippen LogP contribution in [-0.4, -0.2) is 31.7 Å². The summed E-state index contributed by atoms with van der Waals surface area (Å²) in [6.45, 7) is 16.4. The Morgan fingerprint density at radius 3 is 2.26 bits per heavy atom. The average molecular weight is 328 g/mol. The highest BCUT2D eigenvalue weighted by molar-refractivity contribution is 5.81. The molecule has 0 heterocycles. The lowest BCUT2D eigenvalue weighted by Crippen LogP contribution is -2.30. The first kappa shape index (κ1) is 23.9. The van der Waals surface area contributed by atoms with Gasteiger partial charge in [-0.2, -0.15) is 5.10 Å². The molecule has 23 heavy (non-hydrogen) atoms. The SMILES string of the molecule is C=N/N=C(\OCCNC(=O)CCCCCCC)C(C)(C)C.CC. The highest BCUT2D eigenvalue weighted by Crippen LogP contribution is 2.17. The Hall–Kier alpha value is -1.39. The summed E-state index contributed by atoms with van der Waals surface area (Å²) in [6.07, 6.45) is 6.37. The number of hydrogen-bond acceptors (Lipinski definition) is 4. The van der Waals surface area contributed by atoms with E-state index < -0.39 is 0 Å². The van der Waals surface area contributed by atoms with Gasteiger partial charge in [0.05, 0.1) is 6.54 Å². The van der Waals surface area contributed by atoms with Crippen LogP contribution in [-0.2, 0) is 9.53 Å². The zero-order valence-corrected chi connectivity index (χ0v) is 16.1. The second-order valence-corrected chi connectivity index (χ2v) is 6.16. The molecule has 0 aliphatic heterocycles. The van der Waals surface area contributed by atoms with Crippen molar-refractivity contribution >= 4 is 18.5 Å². The van der Waals surface area contributed by atoms with E-state index in [0.717, 1.165) is 12.8 Å². The Balaban J connectivity index is 0. The largest absolute Gasteiger partial charge is 0.477 e. The van der Waals surface area contributed by atoms with Crippen LogP contribution in [0.15, 0.2) is 10.2 Å². The fourth-order valence-electron chi connectivity index (χ4n) is 1.78. The number of hydrogen-bond donors (Lipinski definition) is 1. The third-order valence-corrected chi connectivity index (χ3v) is 2.97. The summed E-state index contributed by atoms with van der Waals surface area (Å²) in [4.78, 5) is 11.6. The number of unbranched alkanes of at least 4 members (excludes halogenated alkanes) is 4. The summed E-state index contributed by atoms with van der Waals surface area (Å²) in [7, 11) is 0. The molecule has 1 amide bonds. The molecule has 0 atom stereocenters. The molecule has 0 aromatic rings. The van der Waals surface area contributed by atoms with Crippen LogP contribution in [0.25, 0.3) is 0 Å². The van der Waals surface area contributed by atoms with Gasteiger partial charge in [0, 0.05) is 18.6 Å². The number of nitrogens with one attached hydrogen (secondary N) is 1. The number of nitrogens with zero attached hydrogens (tertiary/aromatic N) is 2. The van der Waals surface area contributed by atoms with Crippen molar-refractivity contribution < 1.29 is 9.53 Å². The van der Waals surface area contributed by atoms with E-state index >= 15 is 0 Å². The molecule has 0 bridgehead atoms. The minimum absolute atomic E-state index is 0.0891. The third kappa shape index (κ3) is 15.3. The summed E-state index contributed by atoms with van der Waals surface area (Å²) >= 11 is 0. The minimum atomic E-state index is -0.218. The lowest BCUT2D eigenvalue weighted by Gasteiger charge is -2.20. The second kappa shape index (κ2) is 15.5. The fourth-order valence-corrected chi connectivity index (χ4v) is 1.78. The van der Waals surface area contributed by atoms with Crippen LogP contribution < -0.4 is 5.32 Å². The van der Waals surface area contributed by atoms with Crippen molar-refractivity contribution in [2.45, 2.75) is 80.1 Å². The third-order valence-electron chi connectivity index (χ3n) is 2.97. The van der Waals surface area contributed by atoms with E-state index in [-0.39, 0.29) is 11.3 Å². The first-order valence-electron chi connectivity index (χ1n) is 8.85. The molecule has 5 heteroatoms. The number of ether oxygens (including phenoxy) is 1. The Kier molecular flexibility index (Phi) is 16.1. The maximum absolute atomic E-state index is 11.6. The standard InChI is InChI=1S/C16H31N3O2.C2H6/c1-6-7-8-9-10-11-14(20)18-12-13-21-15(19-17-5)16(2,3)4;1-2/h5-13H2,1-4H3,(H,18,20);1-2H3/b19-15-;. The molecule has 0 aromatic carbocycles. The van der Waals surface area contributed by atoms with Crippen molar-refractivity contribution in [1.29, 1.82) is 0 Å². The van der Waals surface area contributed by atoms with Gasteiger partial charge in [0.15, 0.2) is 0 Å². The Labute approximate surface area is 143 Å². The maximum Gasteiger partial charge on any atom is 0.220 e. The van der Waals surface area contributed by atoms with Gasteiger partial charge in [-0.1, -0.05) is 67.2 Å². The highest BCUT2D eigenvalue weighted by atomic mass is 16.5. The van der Waals surface area contributed by atoms with Gasteiger partial charge in [0.1, 0.15) is 6.61 Å². The lowest BCUT2D eigenvalue weighted by molar-refractivity contribution is -0.121. The van der Waals surface area contributed by atoms with Crippen LogP contribution >= 0.6 is 0 Å². The van der Waals surface area contributed by atoms with Crippen molar-refractivity contribution in [3.8, 4) is 0 Å². The summed E-state index contributed by atoms with van der Waals surface area (Å²) in [5.74, 6) is 0.623. The predicted octanol–water partition coefficient (Wildman–Crippen LogP) is 4.57. The molecular weight excluding hydrogens is 290 g/mol. The van der Waals surface area contributed by atoms with Crippen LogP contribution in [0.3, 0.4) is 0 Å². The van der Waals surface area contributed by atoms with Crippen LogP contribution in [0, 0.1) is 5.41 Å². The van der Waals surface area contributed by atoms with Gasteiger partial charge >= 0.3 is 0 Å². The molecule has 0 aliphatic rings. The van der Waals surface area contributed by atoms with Gasteiger partial charge in [-0.3, -0.25) is 4.79 Å². The zero-order chi connectivity index (χ0) is 18.1. The molecular formula is C18H37N3O2. The Bertz CT molecular complexity index is 334. The molecule has 5 nitrogen and oxygen atoms in total. The predicted molar refractivity (Wildman–Crippen MR) is 100 cm³/mol. The number of carbonyl (C=O) groups is 1. The molecule has 0 fully saturated rings. The molecule has 0 saturated carbocycles. The monoisotopic (exact) mass is 327 g/mol.